The number of benzene rings is 1. The van der Waals surface area contributed by atoms with Crippen molar-refractivity contribution in [2.45, 2.75) is 109 Å². The maximum atomic E-state index is 13.6. The molecule has 0 aromatic heterocycles. The van der Waals surface area contributed by atoms with Gasteiger partial charge in [-0.05, 0) is 76.0 Å². The van der Waals surface area contributed by atoms with Crippen molar-refractivity contribution < 1.29 is 19.4 Å². The SMILES string of the molecule is CCCN(C(=O)O[C@@H]1CCSC1)[C@H](Cc1ccccc1)[C@H](O)CN1C[C@H]2CCCC[C@H]2C[C@H]1C(=O)NC(C)(C)C. The molecule has 2 aliphatic heterocycles. The number of β-amino-alcohol motifs (C(OH)–C–C–N with tert-alkyl or cyclic N) is 1. The zero-order chi connectivity index (χ0) is 28.7. The van der Waals surface area contributed by atoms with E-state index in [4.69, 9.17) is 4.74 Å². The Morgan fingerprint density at radius 2 is 1.88 bits per heavy atom. The molecule has 1 aliphatic carbocycles. The summed E-state index contributed by atoms with van der Waals surface area (Å²) in [7, 11) is 0. The van der Waals surface area contributed by atoms with Crippen molar-refractivity contribution in [3.8, 4) is 0 Å². The highest BCUT2D eigenvalue weighted by atomic mass is 32.2. The first-order chi connectivity index (χ1) is 19.1. The first-order valence-electron chi connectivity index (χ1n) is 15.5. The van der Waals surface area contributed by atoms with Gasteiger partial charge in [-0.3, -0.25) is 9.69 Å². The van der Waals surface area contributed by atoms with E-state index in [1.54, 1.807) is 4.90 Å². The number of thioether (sulfide) groups is 1. The fourth-order valence-electron chi connectivity index (χ4n) is 6.75. The number of nitrogens with zero attached hydrogens (tertiary/aromatic N) is 2. The monoisotopic (exact) mass is 573 g/mol. The van der Waals surface area contributed by atoms with E-state index >= 15 is 0 Å². The smallest absolute Gasteiger partial charge is 0.410 e. The summed E-state index contributed by atoms with van der Waals surface area (Å²) in [6.45, 7) is 9.80. The molecule has 2 heterocycles. The van der Waals surface area contributed by atoms with Crippen LogP contribution in [0.1, 0.15) is 78.2 Å². The molecule has 1 aromatic carbocycles. The van der Waals surface area contributed by atoms with E-state index in [0.29, 0.717) is 31.3 Å². The van der Waals surface area contributed by atoms with E-state index in [9.17, 15) is 14.7 Å². The van der Waals surface area contributed by atoms with Gasteiger partial charge in [-0.2, -0.15) is 11.8 Å². The maximum Gasteiger partial charge on any atom is 0.410 e. The van der Waals surface area contributed by atoms with Gasteiger partial charge in [0.05, 0.1) is 18.2 Å². The highest BCUT2D eigenvalue weighted by molar-refractivity contribution is 7.99. The van der Waals surface area contributed by atoms with Gasteiger partial charge in [-0.25, -0.2) is 4.79 Å². The van der Waals surface area contributed by atoms with Gasteiger partial charge in [-0.15, -0.1) is 0 Å². The first kappa shape index (κ1) is 31.2. The molecule has 8 heteroatoms. The number of rotatable bonds is 10. The number of aliphatic hydroxyl groups is 1. The summed E-state index contributed by atoms with van der Waals surface area (Å²) in [5.74, 6) is 3.01. The molecule has 0 unspecified atom stereocenters. The zero-order valence-corrected chi connectivity index (χ0v) is 25.8. The third-order valence-electron chi connectivity index (χ3n) is 8.71. The normalized spacial score (nSPS) is 26.9. The number of carbonyl (C=O) groups excluding carboxylic acids is 2. The van der Waals surface area contributed by atoms with Gasteiger partial charge in [0, 0.05) is 30.9 Å². The molecule has 3 aliphatic rings. The third-order valence-corrected chi connectivity index (χ3v) is 9.84. The summed E-state index contributed by atoms with van der Waals surface area (Å²) in [4.78, 5) is 31.1. The van der Waals surface area contributed by atoms with Gasteiger partial charge in [0.1, 0.15) is 6.10 Å². The van der Waals surface area contributed by atoms with Crippen molar-refractivity contribution in [3.63, 3.8) is 0 Å². The van der Waals surface area contributed by atoms with Crippen LogP contribution in [-0.2, 0) is 16.0 Å². The Hall–Kier alpha value is -1.77. The van der Waals surface area contributed by atoms with E-state index in [-0.39, 0.29) is 29.7 Å². The van der Waals surface area contributed by atoms with Gasteiger partial charge < -0.3 is 20.1 Å². The van der Waals surface area contributed by atoms with E-state index in [1.807, 2.05) is 50.7 Å². The topological polar surface area (TPSA) is 82.1 Å². The minimum atomic E-state index is -0.817. The summed E-state index contributed by atoms with van der Waals surface area (Å²) in [5.41, 5.74) is 0.755. The molecule has 40 heavy (non-hydrogen) atoms. The Bertz CT molecular complexity index is 949. The molecule has 4 rings (SSSR count). The quantitative estimate of drug-likeness (QED) is 0.405. The van der Waals surface area contributed by atoms with Crippen LogP contribution in [0.25, 0.3) is 0 Å². The van der Waals surface area contributed by atoms with E-state index < -0.39 is 12.1 Å². The lowest BCUT2D eigenvalue weighted by molar-refractivity contribution is -0.133. The van der Waals surface area contributed by atoms with Crippen molar-refractivity contribution in [3.05, 3.63) is 35.9 Å². The lowest BCUT2D eigenvalue weighted by Gasteiger charge is -2.47. The number of hydrogen-bond donors (Lipinski definition) is 2. The second-order valence-electron chi connectivity index (χ2n) is 13.1. The fraction of sp³-hybridized carbons (Fsp3) is 0.750. The summed E-state index contributed by atoms with van der Waals surface area (Å²) < 4.78 is 5.95. The molecule has 1 saturated carbocycles. The molecule has 7 nitrogen and oxygen atoms in total. The molecule has 6 atom stereocenters. The summed E-state index contributed by atoms with van der Waals surface area (Å²) in [5, 5.41) is 15.1. The van der Waals surface area contributed by atoms with Crippen LogP contribution in [0.2, 0.25) is 0 Å². The van der Waals surface area contributed by atoms with Crippen molar-refractivity contribution in [2.75, 3.05) is 31.1 Å². The second-order valence-corrected chi connectivity index (χ2v) is 14.3. The minimum absolute atomic E-state index is 0.0480. The number of nitrogens with one attached hydrogen (secondary N) is 1. The molecule has 0 spiro atoms. The van der Waals surface area contributed by atoms with Crippen LogP contribution in [0.15, 0.2) is 30.3 Å². The predicted octanol–water partition coefficient (Wildman–Crippen LogP) is 5.11. The minimum Gasteiger partial charge on any atom is -0.445 e. The zero-order valence-electron chi connectivity index (χ0n) is 25.0. The average Bonchev–Trinajstić information content (AvgIpc) is 3.42. The largest absolute Gasteiger partial charge is 0.445 e. The van der Waals surface area contributed by atoms with Crippen LogP contribution in [0.4, 0.5) is 4.79 Å². The number of aliphatic hydroxyl groups excluding tert-OH is 1. The van der Waals surface area contributed by atoms with Crippen molar-refractivity contribution in [2.24, 2.45) is 11.8 Å². The van der Waals surface area contributed by atoms with Gasteiger partial charge in [-0.1, -0.05) is 56.5 Å². The Morgan fingerprint density at radius 3 is 2.52 bits per heavy atom. The third kappa shape index (κ3) is 8.62. The molecule has 224 valence electrons. The Morgan fingerprint density at radius 1 is 1.15 bits per heavy atom. The number of likely N-dealkylation sites (tertiary alicyclic amines) is 1. The van der Waals surface area contributed by atoms with Crippen molar-refractivity contribution >= 4 is 23.8 Å². The van der Waals surface area contributed by atoms with E-state index in [2.05, 4.69) is 29.3 Å². The summed E-state index contributed by atoms with van der Waals surface area (Å²) >= 11 is 1.82. The number of hydrogen-bond acceptors (Lipinski definition) is 6. The van der Waals surface area contributed by atoms with Crippen LogP contribution >= 0.6 is 11.8 Å². The number of ether oxygens (including phenoxy) is 1. The maximum absolute atomic E-state index is 13.6. The second kappa shape index (κ2) is 14.4. The fourth-order valence-corrected chi connectivity index (χ4v) is 7.84. The van der Waals surface area contributed by atoms with Gasteiger partial charge in [0.15, 0.2) is 0 Å². The van der Waals surface area contributed by atoms with E-state index in [0.717, 1.165) is 42.9 Å². The highest BCUT2D eigenvalue weighted by Gasteiger charge is 2.42. The summed E-state index contributed by atoms with van der Waals surface area (Å²) in [6.07, 6.45) is 6.66. The first-order valence-corrected chi connectivity index (χ1v) is 16.6. The molecule has 2 amide bonds. The van der Waals surface area contributed by atoms with Crippen LogP contribution in [-0.4, -0.2) is 87.9 Å². The molecule has 2 saturated heterocycles. The van der Waals surface area contributed by atoms with Crippen molar-refractivity contribution in [1.82, 2.24) is 15.1 Å². The van der Waals surface area contributed by atoms with Crippen LogP contribution in [0.5, 0.6) is 0 Å². The lowest BCUT2D eigenvalue weighted by atomic mass is 9.72. The average molecular weight is 574 g/mol. The predicted molar refractivity (Wildman–Crippen MR) is 162 cm³/mol. The molecule has 0 radical (unpaired) electrons. The molecule has 1 aromatic rings. The van der Waals surface area contributed by atoms with Gasteiger partial charge in [0.25, 0.3) is 0 Å². The summed E-state index contributed by atoms with van der Waals surface area (Å²) in [6, 6.07) is 9.37. The van der Waals surface area contributed by atoms with Gasteiger partial charge >= 0.3 is 6.09 Å². The Balaban J connectivity index is 1.57. The number of amides is 2. The molecular formula is C32H51N3O4S. The molecule has 3 fully saturated rings. The standard InChI is InChI=1S/C32H51N3O4S/c1-5-16-35(31(38)39-26-15-17-40-22-26)27(18-23-11-7-6-8-12-23)29(36)21-34-20-25-14-10-9-13-24(25)19-28(34)30(37)33-32(2,3)4/h6-8,11-12,24-29,36H,5,9-10,13-22H2,1-4H3,(H,33,37)/t24-,25+,26+,27+,28-,29+/m0/s1. The van der Waals surface area contributed by atoms with Crippen LogP contribution in [0.3, 0.4) is 0 Å². The molecular weight excluding hydrogens is 522 g/mol. The molecule has 2 N–H and O–H groups in total. The molecule has 0 bridgehead atoms. The van der Waals surface area contributed by atoms with Crippen molar-refractivity contribution in [1.29, 1.82) is 0 Å². The lowest BCUT2D eigenvalue weighted by Crippen LogP contribution is -2.60. The van der Waals surface area contributed by atoms with Crippen LogP contribution < -0.4 is 5.32 Å². The van der Waals surface area contributed by atoms with E-state index in [1.165, 1.54) is 25.7 Å². The number of carbonyl (C=O) groups is 2. The Kier molecular flexibility index (Phi) is 11.2. The Labute approximate surface area is 245 Å². The van der Waals surface area contributed by atoms with Crippen LogP contribution in [0, 0.1) is 11.8 Å². The number of fused-ring (bicyclic) bond motifs is 1. The highest BCUT2D eigenvalue weighted by Crippen LogP contribution is 2.39. The van der Waals surface area contributed by atoms with Gasteiger partial charge in [0.2, 0.25) is 5.91 Å². The number of piperidine rings is 1.